The van der Waals surface area contributed by atoms with Crippen LogP contribution in [-0.2, 0) is 11.3 Å². The molecular formula is C21H21N3O. The van der Waals surface area contributed by atoms with Gasteiger partial charge in [0.05, 0.1) is 11.6 Å². The second-order valence-corrected chi connectivity index (χ2v) is 6.15. The first-order valence-electron chi connectivity index (χ1n) is 8.48. The van der Waals surface area contributed by atoms with Gasteiger partial charge in [0.25, 0.3) is 0 Å². The molecule has 2 aromatic rings. The Morgan fingerprint density at radius 2 is 1.68 bits per heavy atom. The number of carbonyl (C=O) groups is 1. The number of nitrogens with zero attached hydrogens (tertiary/aromatic N) is 3. The standard InChI is InChI=1S/C21H21N3O/c22-16-19-6-8-20(9-7-19)17-23-12-14-24(15-13-23)21(25)11-10-18-4-2-1-3-5-18/h1-11H,12-15,17H2. The average Bonchev–Trinajstić information content (AvgIpc) is 2.68. The number of hydrogen-bond acceptors (Lipinski definition) is 3. The monoisotopic (exact) mass is 331 g/mol. The van der Waals surface area contributed by atoms with E-state index in [0.717, 1.165) is 38.3 Å². The van der Waals surface area contributed by atoms with E-state index in [-0.39, 0.29) is 5.91 Å². The predicted octanol–water partition coefficient (Wildman–Crippen LogP) is 2.92. The van der Waals surface area contributed by atoms with Crippen molar-refractivity contribution in [2.75, 3.05) is 26.2 Å². The summed E-state index contributed by atoms with van der Waals surface area (Å²) in [4.78, 5) is 16.5. The molecule has 0 radical (unpaired) electrons. The molecule has 0 atom stereocenters. The minimum absolute atomic E-state index is 0.0712. The Labute approximate surface area is 148 Å². The fourth-order valence-electron chi connectivity index (χ4n) is 2.91. The molecule has 0 saturated carbocycles. The summed E-state index contributed by atoms with van der Waals surface area (Å²) in [5.74, 6) is 0.0712. The summed E-state index contributed by atoms with van der Waals surface area (Å²) in [6.45, 7) is 4.08. The van der Waals surface area contributed by atoms with Crippen molar-refractivity contribution in [1.29, 1.82) is 5.26 Å². The first-order chi connectivity index (χ1) is 12.2. The van der Waals surface area contributed by atoms with Crippen LogP contribution in [0.3, 0.4) is 0 Å². The van der Waals surface area contributed by atoms with Gasteiger partial charge in [-0.15, -0.1) is 0 Å². The minimum Gasteiger partial charge on any atom is -0.337 e. The summed E-state index contributed by atoms with van der Waals surface area (Å²) in [6, 6.07) is 19.7. The van der Waals surface area contributed by atoms with Crippen LogP contribution in [0.5, 0.6) is 0 Å². The fraction of sp³-hybridized carbons (Fsp3) is 0.238. The molecule has 0 aromatic heterocycles. The van der Waals surface area contributed by atoms with E-state index in [1.54, 1.807) is 6.08 Å². The van der Waals surface area contributed by atoms with Gasteiger partial charge in [0.15, 0.2) is 0 Å². The molecule has 1 saturated heterocycles. The molecule has 1 heterocycles. The number of carbonyl (C=O) groups excluding carboxylic acids is 1. The third kappa shape index (κ3) is 4.79. The SMILES string of the molecule is N#Cc1ccc(CN2CCN(C(=O)C=Cc3ccccc3)CC2)cc1. The number of hydrogen-bond donors (Lipinski definition) is 0. The number of benzene rings is 2. The lowest BCUT2D eigenvalue weighted by molar-refractivity contribution is -0.127. The van der Waals surface area contributed by atoms with Crippen molar-refractivity contribution in [3.8, 4) is 6.07 Å². The molecule has 1 fully saturated rings. The van der Waals surface area contributed by atoms with Crippen molar-refractivity contribution in [2.45, 2.75) is 6.54 Å². The highest BCUT2D eigenvalue weighted by Crippen LogP contribution is 2.11. The van der Waals surface area contributed by atoms with E-state index in [9.17, 15) is 4.79 Å². The maximum Gasteiger partial charge on any atom is 0.246 e. The van der Waals surface area contributed by atoms with Crippen LogP contribution in [0.2, 0.25) is 0 Å². The van der Waals surface area contributed by atoms with Crippen LogP contribution in [-0.4, -0.2) is 41.9 Å². The Bertz CT molecular complexity index is 767. The van der Waals surface area contributed by atoms with Gasteiger partial charge in [0, 0.05) is 38.8 Å². The van der Waals surface area contributed by atoms with Gasteiger partial charge >= 0.3 is 0 Å². The zero-order chi connectivity index (χ0) is 17.5. The van der Waals surface area contributed by atoms with Gasteiger partial charge in [-0.1, -0.05) is 42.5 Å². The van der Waals surface area contributed by atoms with Gasteiger partial charge in [0.2, 0.25) is 5.91 Å². The summed E-state index contributed by atoms with van der Waals surface area (Å²) >= 11 is 0. The van der Waals surface area contributed by atoms with Crippen LogP contribution in [0.4, 0.5) is 0 Å². The third-order valence-corrected chi connectivity index (χ3v) is 4.39. The van der Waals surface area contributed by atoms with E-state index in [1.165, 1.54) is 5.56 Å². The van der Waals surface area contributed by atoms with E-state index in [4.69, 9.17) is 5.26 Å². The second kappa shape index (κ2) is 8.27. The largest absolute Gasteiger partial charge is 0.337 e. The van der Waals surface area contributed by atoms with Gasteiger partial charge in [0.1, 0.15) is 0 Å². The molecule has 3 rings (SSSR count). The Kier molecular flexibility index (Phi) is 5.61. The van der Waals surface area contributed by atoms with Crippen LogP contribution in [0, 0.1) is 11.3 Å². The minimum atomic E-state index is 0.0712. The van der Waals surface area contributed by atoms with Crippen molar-refractivity contribution in [3.05, 3.63) is 77.4 Å². The molecule has 1 amide bonds. The van der Waals surface area contributed by atoms with Gasteiger partial charge < -0.3 is 4.90 Å². The lowest BCUT2D eigenvalue weighted by Gasteiger charge is -2.34. The molecule has 4 nitrogen and oxygen atoms in total. The highest BCUT2D eigenvalue weighted by molar-refractivity contribution is 5.91. The molecule has 0 spiro atoms. The fourth-order valence-corrected chi connectivity index (χ4v) is 2.91. The first-order valence-corrected chi connectivity index (χ1v) is 8.48. The summed E-state index contributed by atoms with van der Waals surface area (Å²) in [6.07, 6.45) is 3.52. The Balaban J connectivity index is 1.48. The molecule has 0 N–H and O–H groups in total. The molecule has 0 unspecified atom stereocenters. The number of rotatable bonds is 4. The predicted molar refractivity (Wildman–Crippen MR) is 98.5 cm³/mol. The highest BCUT2D eigenvalue weighted by atomic mass is 16.2. The van der Waals surface area contributed by atoms with Crippen LogP contribution < -0.4 is 0 Å². The molecule has 25 heavy (non-hydrogen) atoms. The molecule has 0 aliphatic carbocycles. The summed E-state index contributed by atoms with van der Waals surface area (Å²) < 4.78 is 0. The van der Waals surface area contributed by atoms with Crippen molar-refractivity contribution < 1.29 is 4.79 Å². The van der Waals surface area contributed by atoms with Crippen molar-refractivity contribution in [3.63, 3.8) is 0 Å². The summed E-state index contributed by atoms with van der Waals surface area (Å²) in [7, 11) is 0. The molecule has 1 aliphatic rings. The van der Waals surface area contributed by atoms with Crippen molar-refractivity contribution >= 4 is 12.0 Å². The Morgan fingerprint density at radius 1 is 1.00 bits per heavy atom. The van der Waals surface area contributed by atoms with Crippen molar-refractivity contribution in [2.24, 2.45) is 0 Å². The summed E-state index contributed by atoms with van der Waals surface area (Å²) in [5, 5.41) is 8.84. The topological polar surface area (TPSA) is 47.3 Å². The van der Waals surface area contributed by atoms with E-state index in [0.29, 0.717) is 5.56 Å². The molecule has 0 bridgehead atoms. The average molecular weight is 331 g/mol. The normalized spacial score (nSPS) is 15.2. The van der Waals surface area contributed by atoms with Gasteiger partial charge in [-0.25, -0.2) is 0 Å². The third-order valence-electron chi connectivity index (χ3n) is 4.39. The van der Waals surface area contributed by atoms with Crippen LogP contribution >= 0.6 is 0 Å². The quantitative estimate of drug-likeness (QED) is 0.809. The maximum absolute atomic E-state index is 12.3. The van der Waals surface area contributed by atoms with Gasteiger partial charge in [-0.05, 0) is 29.3 Å². The molecule has 126 valence electrons. The Hall–Kier alpha value is -2.90. The van der Waals surface area contributed by atoms with E-state index >= 15 is 0 Å². The van der Waals surface area contributed by atoms with Gasteiger partial charge in [-0.2, -0.15) is 5.26 Å². The number of nitriles is 1. The van der Waals surface area contributed by atoms with E-state index in [1.807, 2.05) is 65.6 Å². The molecule has 2 aromatic carbocycles. The second-order valence-electron chi connectivity index (χ2n) is 6.15. The first kappa shape index (κ1) is 16.9. The number of amides is 1. The van der Waals surface area contributed by atoms with Gasteiger partial charge in [-0.3, -0.25) is 9.69 Å². The maximum atomic E-state index is 12.3. The van der Waals surface area contributed by atoms with E-state index < -0.39 is 0 Å². The Morgan fingerprint density at radius 3 is 2.32 bits per heavy atom. The lowest BCUT2D eigenvalue weighted by atomic mass is 10.1. The molecular weight excluding hydrogens is 310 g/mol. The smallest absolute Gasteiger partial charge is 0.246 e. The van der Waals surface area contributed by atoms with Crippen LogP contribution in [0.1, 0.15) is 16.7 Å². The lowest BCUT2D eigenvalue weighted by Crippen LogP contribution is -2.47. The summed E-state index contributed by atoms with van der Waals surface area (Å²) in [5.41, 5.74) is 2.92. The van der Waals surface area contributed by atoms with Crippen LogP contribution in [0.25, 0.3) is 6.08 Å². The highest BCUT2D eigenvalue weighted by Gasteiger charge is 2.19. The van der Waals surface area contributed by atoms with E-state index in [2.05, 4.69) is 11.0 Å². The van der Waals surface area contributed by atoms with Crippen LogP contribution in [0.15, 0.2) is 60.7 Å². The molecule has 4 heteroatoms. The zero-order valence-electron chi connectivity index (χ0n) is 14.1. The zero-order valence-corrected chi connectivity index (χ0v) is 14.1. The number of piperazine rings is 1. The van der Waals surface area contributed by atoms with Crippen molar-refractivity contribution in [1.82, 2.24) is 9.80 Å². The molecule has 1 aliphatic heterocycles.